The van der Waals surface area contributed by atoms with Crippen LogP contribution < -0.4 is 5.32 Å². The Kier molecular flexibility index (Phi) is 4.94. The number of nitrogens with one attached hydrogen (secondary N) is 1. The summed E-state index contributed by atoms with van der Waals surface area (Å²) in [5.74, 6) is -0.696. The Hall–Kier alpha value is -1.91. The number of amides is 1. The van der Waals surface area contributed by atoms with Gasteiger partial charge in [-0.25, -0.2) is 0 Å². The number of hydrogen-bond donors (Lipinski definition) is 2. The molecule has 0 saturated heterocycles. The lowest BCUT2D eigenvalue weighted by atomic mass is 10.2. The van der Waals surface area contributed by atoms with E-state index in [0.29, 0.717) is 16.4 Å². The number of thiocarbonyl (C=S) groups is 1. The van der Waals surface area contributed by atoms with Gasteiger partial charge >= 0.3 is 0 Å². The van der Waals surface area contributed by atoms with Crippen molar-refractivity contribution in [1.82, 2.24) is 0 Å². The summed E-state index contributed by atoms with van der Waals surface area (Å²) < 4.78 is 0. The fraction of sp³-hybridized carbons (Fsp3) is 0. The molecule has 21 heavy (non-hydrogen) atoms. The number of nitrogens with zero attached hydrogens (tertiary/aromatic N) is 1. The van der Waals surface area contributed by atoms with Crippen LogP contribution in [0.25, 0.3) is 0 Å². The summed E-state index contributed by atoms with van der Waals surface area (Å²) >= 11 is 16.3. The summed E-state index contributed by atoms with van der Waals surface area (Å²) in [5, 5.41) is 15.1. The molecule has 0 fully saturated rings. The number of phenolic OH excluding ortho intramolecular Hbond substituents is 1. The number of aliphatic imine (C=N–C) groups is 1. The van der Waals surface area contributed by atoms with Gasteiger partial charge in [0, 0.05) is 5.02 Å². The minimum Gasteiger partial charge on any atom is -0.507 e. The van der Waals surface area contributed by atoms with Gasteiger partial charge in [-0.05, 0) is 48.6 Å². The second-order valence-electron chi connectivity index (χ2n) is 3.98. The second kappa shape index (κ2) is 6.70. The lowest BCUT2D eigenvalue weighted by Gasteiger charge is -2.09. The summed E-state index contributed by atoms with van der Waals surface area (Å²) in [6.07, 6.45) is 0. The molecule has 0 aromatic heterocycles. The molecule has 0 aliphatic rings. The van der Waals surface area contributed by atoms with E-state index in [9.17, 15) is 9.90 Å². The van der Waals surface area contributed by atoms with Gasteiger partial charge in [-0.1, -0.05) is 23.2 Å². The summed E-state index contributed by atoms with van der Waals surface area (Å²) in [7, 11) is 0. The van der Waals surface area contributed by atoms with Crippen molar-refractivity contribution >= 4 is 57.9 Å². The molecule has 0 unspecified atom stereocenters. The number of rotatable bonds is 3. The van der Waals surface area contributed by atoms with Crippen molar-refractivity contribution in [2.75, 3.05) is 5.32 Å². The molecule has 0 bridgehead atoms. The Morgan fingerprint density at radius 3 is 2.67 bits per heavy atom. The van der Waals surface area contributed by atoms with E-state index in [1.807, 2.05) is 0 Å². The van der Waals surface area contributed by atoms with Gasteiger partial charge in [0.15, 0.2) is 0 Å². The Balaban J connectivity index is 2.27. The normalized spacial score (nSPS) is 9.81. The minimum absolute atomic E-state index is 0.0551. The highest BCUT2D eigenvalue weighted by Gasteiger charge is 2.13. The maximum atomic E-state index is 12.1. The number of carbonyl (C=O) groups is 1. The van der Waals surface area contributed by atoms with Crippen LogP contribution in [0, 0.1) is 0 Å². The zero-order chi connectivity index (χ0) is 15.4. The number of carbonyl (C=O) groups excluding carboxylic acids is 1. The highest BCUT2D eigenvalue weighted by atomic mass is 35.5. The van der Waals surface area contributed by atoms with Crippen LogP contribution in [0.15, 0.2) is 41.4 Å². The number of hydrogen-bond acceptors (Lipinski definition) is 4. The van der Waals surface area contributed by atoms with Crippen LogP contribution in [0.1, 0.15) is 10.4 Å². The van der Waals surface area contributed by atoms with Gasteiger partial charge in [0.25, 0.3) is 5.91 Å². The highest BCUT2D eigenvalue weighted by Crippen LogP contribution is 2.28. The Morgan fingerprint density at radius 1 is 1.24 bits per heavy atom. The van der Waals surface area contributed by atoms with Crippen LogP contribution in [-0.4, -0.2) is 16.2 Å². The van der Waals surface area contributed by atoms with E-state index in [1.165, 1.54) is 24.3 Å². The van der Waals surface area contributed by atoms with Crippen LogP contribution in [-0.2, 0) is 0 Å². The van der Waals surface area contributed by atoms with Crippen LogP contribution in [0.3, 0.4) is 0 Å². The van der Waals surface area contributed by atoms with Gasteiger partial charge in [-0.2, -0.15) is 4.99 Å². The number of anilines is 1. The van der Waals surface area contributed by atoms with Crippen molar-refractivity contribution < 1.29 is 9.90 Å². The van der Waals surface area contributed by atoms with Gasteiger partial charge in [-0.15, -0.1) is 0 Å². The molecule has 0 heterocycles. The Labute approximate surface area is 136 Å². The molecule has 0 aliphatic carbocycles. The topological polar surface area (TPSA) is 61.7 Å². The largest absolute Gasteiger partial charge is 0.507 e. The van der Waals surface area contributed by atoms with Crippen LogP contribution in [0.5, 0.6) is 5.75 Å². The monoisotopic (exact) mass is 338 g/mol. The quantitative estimate of drug-likeness (QED) is 0.630. The predicted molar refractivity (Wildman–Crippen MR) is 87.2 cm³/mol. The summed E-state index contributed by atoms with van der Waals surface area (Å²) in [4.78, 5) is 15.9. The number of benzene rings is 2. The van der Waals surface area contributed by atoms with Crippen molar-refractivity contribution in [3.8, 4) is 5.75 Å². The smallest absolute Gasteiger partial charge is 0.259 e. The van der Waals surface area contributed by atoms with Crippen LogP contribution in [0.4, 0.5) is 11.4 Å². The van der Waals surface area contributed by atoms with Crippen molar-refractivity contribution in [2.24, 2.45) is 4.99 Å². The van der Waals surface area contributed by atoms with E-state index < -0.39 is 5.91 Å². The lowest BCUT2D eigenvalue weighted by Crippen LogP contribution is -2.12. The molecule has 4 nitrogen and oxygen atoms in total. The molecule has 106 valence electrons. The van der Waals surface area contributed by atoms with Gasteiger partial charge in [0.1, 0.15) is 5.75 Å². The first-order valence-corrected chi connectivity index (χ1v) is 6.85. The molecule has 1 amide bonds. The summed E-state index contributed by atoms with van der Waals surface area (Å²) in [6.45, 7) is 0. The number of phenols is 1. The molecule has 0 spiro atoms. The molecule has 2 N–H and O–H groups in total. The lowest BCUT2D eigenvalue weighted by molar-refractivity contribution is 0.102. The van der Waals surface area contributed by atoms with E-state index >= 15 is 0 Å². The number of halogens is 2. The van der Waals surface area contributed by atoms with Crippen molar-refractivity contribution in [3.63, 3.8) is 0 Å². The third-order valence-corrected chi connectivity index (χ3v) is 3.22. The molecular weight excluding hydrogens is 331 g/mol. The average molecular weight is 339 g/mol. The zero-order valence-electron chi connectivity index (χ0n) is 10.4. The standard InChI is InChI=1S/C14H8Cl2N2O2S/c15-8-1-4-13(19)10(5-8)14(20)18-12-3-2-9(17-7-21)6-11(12)16/h1-6,19H,(H,18,20). The number of isothiocyanates is 1. The summed E-state index contributed by atoms with van der Waals surface area (Å²) in [5.41, 5.74) is 0.961. The predicted octanol–water partition coefficient (Wildman–Crippen LogP) is 4.69. The first kappa shape index (κ1) is 15.5. The van der Waals surface area contributed by atoms with E-state index in [4.69, 9.17) is 23.2 Å². The molecule has 0 radical (unpaired) electrons. The van der Waals surface area contributed by atoms with Crippen molar-refractivity contribution in [1.29, 1.82) is 0 Å². The van der Waals surface area contributed by atoms with E-state index in [-0.39, 0.29) is 16.3 Å². The zero-order valence-corrected chi connectivity index (χ0v) is 12.8. The maximum Gasteiger partial charge on any atom is 0.259 e. The third-order valence-electron chi connectivity index (χ3n) is 2.58. The second-order valence-corrected chi connectivity index (χ2v) is 5.01. The average Bonchev–Trinajstić information content (AvgIpc) is 2.44. The first-order valence-electron chi connectivity index (χ1n) is 5.68. The van der Waals surface area contributed by atoms with Crippen LogP contribution >= 0.6 is 35.4 Å². The van der Waals surface area contributed by atoms with E-state index in [2.05, 4.69) is 27.7 Å². The fourth-order valence-electron chi connectivity index (χ4n) is 1.61. The molecule has 0 atom stereocenters. The SMILES string of the molecule is O=C(Nc1ccc(N=C=S)cc1Cl)c1cc(Cl)ccc1O. The third kappa shape index (κ3) is 3.80. The Morgan fingerprint density at radius 2 is 2.00 bits per heavy atom. The molecule has 0 aliphatic heterocycles. The van der Waals surface area contributed by atoms with Gasteiger partial charge < -0.3 is 10.4 Å². The molecule has 0 saturated carbocycles. The maximum absolute atomic E-state index is 12.1. The summed E-state index contributed by atoms with van der Waals surface area (Å²) in [6, 6.07) is 8.93. The van der Waals surface area contributed by atoms with Crippen molar-refractivity contribution in [2.45, 2.75) is 0 Å². The fourth-order valence-corrected chi connectivity index (χ4v) is 2.11. The van der Waals surface area contributed by atoms with Gasteiger partial charge in [0.05, 0.1) is 27.1 Å². The first-order chi connectivity index (χ1) is 10.0. The van der Waals surface area contributed by atoms with Crippen LogP contribution in [0.2, 0.25) is 10.0 Å². The Bertz CT molecular complexity index is 759. The highest BCUT2D eigenvalue weighted by molar-refractivity contribution is 7.78. The molecule has 2 rings (SSSR count). The van der Waals surface area contributed by atoms with Gasteiger partial charge in [-0.3, -0.25) is 4.79 Å². The molecular formula is C14H8Cl2N2O2S. The minimum atomic E-state index is -0.525. The van der Waals surface area contributed by atoms with E-state index in [1.54, 1.807) is 12.1 Å². The molecule has 2 aromatic rings. The molecule has 2 aromatic carbocycles. The van der Waals surface area contributed by atoms with E-state index in [0.717, 1.165) is 0 Å². The molecule has 7 heteroatoms. The number of aromatic hydroxyl groups is 1. The van der Waals surface area contributed by atoms with Crippen molar-refractivity contribution in [3.05, 3.63) is 52.0 Å². The van der Waals surface area contributed by atoms with Gasteiger partial charge in [0.2, 0.25) is 0 Å².